The molecule has 4 unspecified atom stereocenters. The van der Waals surface area contributed by atoms with E-state index in [1.54, 1.807) is 19.2 Å². The van der Waals surface area contributed by atoms with Gasteiger partial charge in [-0.2, -0.15) is 4.31 Å². The summed E-state index contributed by atoms with van der Waals surface area (Å²) < 4.78 is 37.4. The van der Waals surface area contributed by atoms with Gasteiger partial charge >= 0.3 is 0 Å². The summed E-state index contributed by atoms with van der Waals surface area (Å²) in [6.07, 6.45) is 11.7. The second kappa shape index (κ2) is 12.4. The van der Waals surface area contributed by atoms with Gasteiger partial charge in [0.15, 0.2) is 0 Å². The highest BCUT2D eigenvalue weighted by atomic mass is 32.2. The maximum atomic E-state index is 14.2. The van der Waals surface area contributed by atoms with Crippen molar-refractivity contribution >= 4 is 26.7 Å². The molecule has 3 aromatic carbocycles. The smallest absolute Gasteiger partial charge is 0.243 e. The summed E-state index contributed by atoms with van der Waals surface area (Å²) in [5, 5.41) is 5.06. The van der Waals surface area contributed by atoms with E-state index in [4.69, 9.17) is 4.74 Å². The first-order chi connectivity index (χ1) is 22.9. The van der Waals surface area contributed by atoms with Crippen LogP contribution in [0.3, 0.4) is 0 Å². The second-order valence-electron chi connectivity index (χ2n) is 13.9. The van der Waals surface area contributed by atoms with Gasteiger partial charge < -0.3 is 14.6 Å². The average molecular weight is 653 g/mol. The van der Waals surface area contributed by atoms with Crippen LogP contribution in [-0.2, 0) is 34.3 Å². The molecule has 2 fully saturated rings. The summed E-state index contributed by atoms with van der Waals surface area (Å²) >= 11 is 0. The lowest BCUT2D eigenvalue weighted by molar-refractivity contribution is -0.123. The van der Waals surface area contributed by atoms with Crippen LogP contribution in [0.25, 0.3) is 10.8 Å². The fourth-order valence-electron chi connectivity index (χ4n) is 8.80. The lowest BCUT2D eigenvalue weighted by atomic mass is 9.86. The number of benzene rings is 3. The Labute approximate surface area is 277 Å². The summed E-state index contributed by atoms with van der Waals surface area (Å²) in [5.74, 6) is 0.600. The Morgan fingerprint density at radius 3 is 2.53 bits per heavy atom. The lowest BCUT2D eigenvalue weighted by Gasteiger charge is -2.36. The molecule has 1 N–H and O–H groups in total. The van der Waals surface area contributed by atoms with Gasteiger partial charge in [-0.1, -0.05) is 36.8 Å². The Balaban J connectivity index is 1.01. The second-order valence-corrected chi connectivity index (χ2v) is 15.8. The Bertz CT molecular complexity index is 1900. The van der Waals surface area contributed by atoms with Gasteiger partial charge in [-0.15, -0.1) is 0 Å². The Hall–Kier alpha value is -3.66. The Morgan fingerprint density at radius 2 is 1.70 bits per heavy atom. The van der Waals surface area contributed by atoms with E-state index < -0.39 is 16.1 Å². The van der Waals surface area contributed by atoms with E-state index in [-0.39, 0.29) is 23.3 Å². The number of aryl methyl sites for hydroxylation is 1. The van der Waals surface area contributed by atoms with Gasteiger partial charge in [-0.25, -0.2) is 8.42 Å². The van der Waals surface area contributed by atoms with Crippen molar-refractivity contribution in [2.24, 2.45) is 0 Å². The third-order valence-corrected chi connectivity index (χ3v) is 13.1. The number of hydrogen-bond donors (Lipinski definition) is 1. The van der Waals surface area contributed by atoms with E-state index in [1.807, 2.05) is 42.6 Å². The number of carbonyl (C=O) groups excluding carboxylic acids is 1. The van der Waals surface area contributed by atoms with Crippen LogP contribution in [0.1, 0.15) is 85.8 Å². The fraction of sp³-hybridized carbons (Fsp3) is 0.447. The molecule has 4 aromatic rings. The Morgan fingerprint density at radius 1 is 0.894 bits per heavy atom. The lowest BCUT2D eigenvalue weighted by Crippen LogP contribution is -2.44. The van der Waals surface area contributed by atoms with Gasteiger partial charge in [-0.3, -0.25) is 9.69 Å². The van der Waals surface area contributed by atoms with Crippen LogP contribution < -0.4 is 10.1 Å². The molecule has 8 rings (SSSR count). The van der Waals surface area contributed by atoms with E-state index in [0.717, 1.165) is 60.1 Å². The molecule has 9 heteroatoms. The molecule has 4 aliphatic rings. The van der Waals surface area contributed by atoms with Crippen LogP contribution in [0, 0.1) is 0 Å². The predicted octanol–water partition coefficient (Wildman–Crippen LogP) is 6.50. The monoisotopic (exact) mass is 652 g/mol. The first-order valence-electron chi connectivity index (χ1n) is 17.3. The molecule has 1 aromatic heterocycles. The van der Waals surface area contributed by atoms with Gasteiger partial charge in [0.2, 0.25) is 15.9 Å². The summed E-state index contributed by atoms with van der Waals surface area (Å²) in [7, 11) is -2.27. The molecule has 2 saturated heterocycles. The number of ether oxygens (including phenoxy) is 1. The van der Waals surface area contributed by atoms with Crippen LogP contribution in [-0.4, -0.2) is 53.8 Å². The maximum Gasteiger partial charge on any atom is 0.243 e. The largest absolute Gasteiger partial charge is 0.497 e. The number of carbonyl (C=O) groups is 1. The molecular weight excluding hydrogens is 609 g/mol. The minimum absolute atomic E-state index is 0.0652. The highest BCUT2D eigenvalue weighted by Gasteiger charge is 2.39. The SMILES string of the molecule is COc1ccc2cc(S(=O)(=O)N3CCn4cccc4C3CC(=O)NC3CCCc4cc(CN5C6CCCC5CC6)ccc43)ccc2c1. The summed E-state index contributed by atoms with van der Waals surface area (Å²) in [6, 6.07) is 22.4. The zero-order chi connectivity index (χ0) is 32.1. The topological polar surface area (TPSA) is 83.9 Å². The molecule has 0 saturated carbocycles. The molecule has 0 spiro atoms. The van der Waals surface area contributed by atoms with Crippen molar-refractivity contribution in [2.45, 2.75) is 99.9 Å². The maximum absolute atomic E-state index is 14.2. The molecule has 1 amide bonds. The molecule has 8 nitrogen and oxygen atoms in total. The molecular formula is C38H44N4O4S. The third-order valence-electron chi connectivity index (χ3n) is 11.2. The van der Waals surface area contributed by atoms with Crippen molar-refractivity contribution in [2.75, 3.05) is 13.7 Å². The quantitative estimate of drug-likeness (QED) is 0.235. The zero-order valence-corrected chi connectivity index (χ0v) is 27.9. The minimum Gasteiger partial charge on any atom is -0.497 e. The number of amides is 1. The van der Waals surface area contributed by atoms with Gasteiger partial charge in [0.1, 0.15) is 5.75 Å². The van der Waals surface area contributed by atoms with E-state index in [1.165, 1.54) is 53.1 Å². The summed E-state index contributed by atoms with van der Waals surface area (Å²) in [4.78, 5) is 16.8. The fourth-order valence-corrected chi connectivity index (χ4v) is 10.4. The molecule has 0 radical (unpaired) electrons. The van der Waals surface area contributed by atoms with Crippen LogP contribution in [0.4, 0.5) is 0 Å². The number of nitrogens with zero attached hydrogens (tertiary/aromatic N) is 3. The Kier molecular flexibility index (Phi) is 8.10. The van der Waals surface area contributed by atoms with Crippen molar-refractivity contribution in [3.63, 3.8) is 0 Å². The van der Waals surface area contributed by atoms with Gasteiger partial charge in [0.25, 0.3) is 0 Å². The number of sulfonamides is 1. The number of methoxy groups -OCH3 is 1. The van der Waals surface area contributed by atoms with Crippen molar-refractivity contribution in [1.82, 2.24) is 19.1 Å². The minimum atomic E-state index is -3.88. The van der Waals surface area contributed by atoms with E-state index >= 15 is 0 Å². The van der Waals surface area contributed by atoms with Gasteiger partial charge in [0, 0.05) is 50.0 Å². The number of rotatable bonds is 8. The number of nitrogens with one attached hydrogen (secondary N) is 1. The predicted molar refractivity (Wildman–Crippen MR) is 183 cm³/mol. The average Bonchev–Trinajstić information content (AvgIpc) is 3.64. The van der Waals surface area contributed by atoms with Crippen molar-refractivity contribution in [3.05, 3.63) is 95.3 Å². The molecule has 4 atom stereocenters. The standard InChI is InChI=1S/C38H44N4O4S/c1-46-32-15-11-28-23-33(16-12-27(28)22-32)47(44,45)42-20-19-40-18-4-9-36(40)37(42)24-38(43)39-35-8-2-5-29-21-26(10-17-34(29)35)25-41-30-6-3-7-31(41)14-13-30/h4,9-12,15-18,21-23,30-31,35,37H,2-3,5-8,13-14,19-20,24-25H2,1H3,(H,39,43). The normalized spacial score (nSPS) is 24.5. The first-order valence-corrected chi connectivity index (χ1v) is 18.7. The highest BCUT2D eigenvalue weighted by Crippen LogP contribution is 2.39. The van der Waals surface area contributed by atoms with Gasteiger partial charge in [0.05, 0.1) is 24.1 Å². The molecule has 47 heavy (non-hydrogen) atoms. The highest BCUT2D eigenvalue weighted by molar-refractivity contribution is 7.89. The van der Waals surface area contributed by atoms with Crippen LogP contribution >= 0.6 is 0 Å². The summed E-state index contributed by atoms with van der Waals surface area (Å²) in [5.41, 5.74) is 4.78. The van der Waals surface area contributed by atoms with Crippen LogP contribution in [0.2, 0.25) is 0 Å². The zero-order valence-electron chi connectivity index (χ0n) is 27.1. The molecule has 1 aliphatic carbocycles. The van der Waals surface area contributed by atoms with Crippen LogP contribution in [0.15, 0.2) is 77.8 Å². The number of piperidine rings is 1. The van der Waals surface area contributed by atoms with E-state index in [9.17, 15) is 13.2 Å². The molecule has 3 aliphatic heterocycles. The van der Waals surface area contributed by atoms with Crippen molar-refractivity contribution in [3.8, 4) is 5.75 Å². The third kappa shape index (κ3) is 5.76. The van der Waals surface area contributed by atoms with Crippen LogP contribution in [0.5, 0.6) is 5.75 Å². The number of fused-ring (bicyclic) bond motifs is 5. The van der Waals surface area contributed by atoms with E-state index in [0.29, 0.717) is 13.1 Å². The summed E-state index contributed by atoms with van der Waals surface area (Å²) in [6.45, 7) is 1.87. The molecule has 246 valence electrons. The molecule has 2 bridgehead atoms. The van der Waals surface area contributed by atoms with Gasteiger partial charge in [-0.05, 0) is 109 Å². The number of hydrogen-bond acceptors (Lipinski definition) is 5. The van der Waals surface area contributed by atoms with E-state index in [2.05, 4.69) is 33.0 Å². The number of aromatic nitrogens is 1. The van der Waals surface area contributed by atoms with Crippen molar-refractivity contribution in [1.29, 1.82) is 0 Å². The molecule has 4 heterocycles. The van der Waals surface area contributed by atoms with Crippen molar-refractivity contribution < 1.29 is 17.9 Å². The first kappa shape index (κ1) is 30.7.